The van der Waals surface area contributed by atoms with Gasteiger partial charge in [0.25, 0.3) is 5.56 Å². The van der Waals surface area contributed by atoms with E-state index in [0.717, 1.165) is 10.9 Å². The summed E-state index contributed by atoms with van der Waals surface area (Å²) in [5.41, 5.74) is 0.691. The number of benzene rings is 1. The number of nitrogens with one attached hydrogen (secondary N) is 2. The van der Waals surface area contributed by atoms with Crippen LogP contribution in [-0.4, -0.2) is 34.3 Å². The average Bonchev–Trinajstić information content (AvgIpc) is 2.66. The quantitative estimate of drug-likeness (QED) is 0.847. The molecule has 1 heterocycles. The number of ketones is 1. The summed E-state index contributed by atoms with van der Waals surface area (Å²) in [5.74, 6) is -0.275. The summed E-state index contributed by atoms with van der Waals surface area (Å²) in [6, 6.07) is 6.30. The van der Waals surface area contributed by atoms with Gasteiger partial charge in [-0.05, 0) is 43.0 Å². The zero-order valence-electron chi connectivity index (χ0n) is 15.0. The lowest BCUT2D eigenvalue weighted by Gasteiger charge is -2.30. The third kappa shape index (κ3) is 3.80. The number of carbonyl (C=O) groups excluding carboxylic acids is 2. The van der Waals surface area contributed by atoms with E-state index in [-0.39, 0.29) is 28.4 Å². The molecule has 0 radical (unpaired) electrons. The molecule has 3 rings (SSSR count). The van der Waals surface area contributed by atoms with Crippen LogP contribution in [0.5, 0.6) is 0 Å². The molecule has 0 bridgehead atoms. The van der Waals surface area contributed by atoms with Crippen molar-refractivity contribution in [3.63, 3.8) is 0 Å². The topological polar surface area (TPSA) is 82.3 Å². The Labute approximate surface area is 161 Å². The highest BCUT2D eigenvalue weighted by molar-refractivity contribution is 6.44. The zero-order valence-corrected chi connectivity index (χ0v) is 15.8. The van der Waals surface area contributed by atoms with Gasteiger partial charge in [0.1, 0.15) is 0 Å². The minimum Gasteiger partial charge on any atom is -0.328 e. The highest BCUT2D eigenvalue weighted by Crippen LogP contribution is 2.26. The fourth-order valence-electron chi connectivity index (χ4n) is 3.22. The molecule has 0 saturated carbocycles. The Kier molecular flexibility index (Phi) is 5.46. The van der Waals surface area contributed by atoms with Crippen LogP contribution in [-0.2, 0) is 4.79 Å². The second-order valence-corrected chi connectivity index (χ2v) is 6.70. The van der Waals surface area contributed by atoms with Crippen LogP contribution in [0.25, 0.3) is 10.8 Å². The molecule has 1 aromatic heterocycles. The fourth-order valence-corrected chi connectivity index (χ4v) is 3.42. The Balaban J connectivity index is 1.87. The van der Waals surface area contributed by atoms with Crippen LogP contribution in [0, 0.1) is 0 Å². The maximum absolute atomic E-state index is 12.8. The Hall–Kier alpha value is -2.86. The number of aromatic amines is 1. The first kappa shape index (κ1) is 18.9. The number of amides is 2. The summed E-state index contributed by atoms with van der Waals surface area (Å²) in [5, 5.41) is 4.33. The van der Waals surface area contributed by atoms with Crippen molar-refractivity contribution in [2.45, 2.75) is 25.9 Å². The number of hydrogen-bond donors (Lipinski definition) is 2. The lowest BCUT2D eigenvalue weighted by molar-refractivity contribution is -0.110. The molecule has 2 N–H and O–H groups in total. The van der Waals surface area contributed by atoms with E-state index in [1.807, 2.05) is 32.0 Å². The summed E-state index contributed by atoms with van der Waals surface area (Å²) < 4.78 is 0. The molecule has 140 valence electrons. The number of fused-ring (bicyclic) bond motifs is 1. The molecule has 1 aliphatic carbocycles. The summed E-state index contributed by atoms with van der Waals surface area (Å²) in [7, 11) is 0. The number of carbonyl (C=O) groups is 2. The van der Waals surface area contributed by atoms with Gasteiger partial charge in [-0.3, -0.25) is 9.59 Å². The molecule has 0 spiro atoms. The first-order valence-corrected chi connectivity index (χ1v) is 9.07. The van der Waals surface area contributed by atoms with Gasteiger partial charge in [0.05, 0.1) is 17.1 Å². The molecule has 2 atom stereocenters. The van der Waals surface area contributed by atoms with E-state index in [0.29, 0.717) is 11.9 Å². The standard InChI is InChI=1S/C20H20ClN3O3/c1-3-24(20(27)23-13-8-9-18(25)17(21)10-13)12(2)16-11-22-19(26)15-7-5-4-6-14(15)16/h4-13H,3H2,1-2H3,(H,22,26)(H,23,27). The number of H-pyrrole nitrogens is 1. The third-order valence-corrected chi connectivity index (χ3v) is 4.98. The van der Waals surface area contributed by atoms with Crippen molar-refractivity contribution < 1.29 is 9.59 Å². The lowest BCUT2D eigenvalue weighted by Crippen LogP contribution is -2.45. The normalized spacial score (nSPS) is 17.5. The minimum absolute atomic E-state index is 0.0884. The Bertz CT molecular complexity index is 1010. The Morgan fingerprint density at radius 2 is 2.00 bits per heavy atom. The molecule has 6 nitrogen and oxygen atoms in total. The number of pyridine rings is 1. The van der Waals surface area contributed by atoms with Gasteiger partial charge in [0, 0.05) is 18.1 Å². The maximum atomic E-state index is 12.8. The number of hydrogen-bond acceptors (Lipinski definition) is 3. The zero-order chi connectivity index (χ0) is 19.6. The molecule has 2 unspecified atom stereocenters. The first-order chi connectivity index (χ1) is 12.9. The smallest absolute Gasteiger partial charge is 0.318 e. The van der Waals surface area contributed by atoms with Gasteiger partial charge in [-0.25, -0.2) is 4.79 Å². The van der Waals surface area contributed by atoms with E-state index in [4.69, 9.17) is 11.6 Å². The minimum atomic E-state index is -0.448. The van der Waals surface area contributed by atoms with Crippen LogP contribution in [0.15, 0.2) is 58.5 Å². The molecule has 27 heavy (non-hydrogen) atoms. The lowest BCUT2D eigenvalue weighted by atomic mass is 10.0. The van der Waals surface area contributed by atoms with Crippen LogP contribution in [0.4, 0.5) is 4.79 Å². The first-order valence-electron chi connectivity index (χ1n) is 8.69. The van der Waals surface area contributed by atoms with Crippen molar-refractivity contribution in [1.82, 2.24) is 15.2 Å². The molecule has 0 aliphatic heterocycles. The molecule has 0 saturated heterocycles. The van der Waals surface area contributed by atoms with Crippen LogP contribution >= 0.6 is 11.6 Å². The molecular formula is C20H20ClN3O3. The van der Waals surface area contributed by atoms with Crippen molar-refractivity contribution >= 4 is 34.2 Å². The predicted molar refractivity (Wildman–Crippen MR) is 106 cm³/mol. The maximum Gasteiger partial charge on any atom is 0.318 e. The van der Waals surface area contributed by atoms with Gasteiger partial charge in [-0.2, -0.15) is 0 Å². The molecule has 2 amide bonds. The Morgan fingerprint density at radius 3 is 2.67 bits per heavy atom. The number of allylic oxidation sites excluding steroid dienone is 2. The van der Waals surface area contributed by atoms with E-state index in [1.165, 1.54) is 12.2 Å². The van der Waals surface area contributed by atoms with Crippen molar-refractivity contribution in [2.24, 2.45) is 0 Å². The molecule has 1 aliphatic rings. The number of aromatic nitrogens is 1. The molecule has 0 fully saturated rings. The average molecular weight is 386 g/mol. The SMILES string of the molecule is CCN(C(=O)NC1C=CC(=O)C(Cl)=C1)C(C)c1c[nH]c(=O)c2ccccc12. The second-order valence-electron chi connectivity index (χ2n) is 6.29. The van der Waals surface area contributed by atoms with E-state index >= 15 is 0 Å². The molecule has 2 aromatic rings. The Morgan fingerprint density at radius 1 is 1.30 bits per heavy atom. The summed E-state index contributed by atoms with van der Waals surface area (Å²) in [6.45, 7) is 4.26. The van der Waals surface area contributed by atoms with Gasteiger partial charge in [0.2, 0.25) is 0 Å². The van der Waals surface area contributed by atoms with Crippen LogP contribution in [0.2, 0.25) is 0 Å². The number of urea groups is 1. The second kappa shape index (κ2) is 7.80. The van der Waals surface area contributed by atoms with Crippen LogP contribution in [0.3, 0.4) is 0 Å². The number of nitrogens with zero attached hydrogens (tertiary/aromatic N) is 1. The molecule has 7 heteroatoms. The van der Waals surface area contributed by atoms with E-state index in [9.17, 15) is 14.4 Å². The summed E-state index contributed by atoms with van der Waals surface area (Å²) in [6.07, 6.45) is 6.11. The van der Waals surface area contributed by atoms with Gasteiger partial charge >= 0.3 is 6.03 Å². The van der Waals surface area contributed by atoms with Crippen molar-refractivity contribution in [3.05, 3.63) is 69.6 Å². The third-order valence-electron chi connectivity index (χ3n) is 4.67. The monoisotopic (exact) mass is 385 g/mol. The van der Waals surface area contributed by atoms with Crippen LogP contribution < -0.4 is 10.9 Å². The van der Waals surface area contributed by atoms with Crippen LogP contribution in [0.1, 0.15) is 25.5 Å². The van der Waals surface area contributed by atoms with Crippen molar-refractivity contribution in [3.8, 4) is 0 Å². The highest BCUT2D eigenvalue weighted by Gasteiger charge is 2.24. The summed E-state index contributed by atoms with van der Waals surface area (Å²) >= 11 is 5.86. The van der Waals surface area contributed by atoms with Crippen molar-refractivity contribution in [2.75, 3.05) is 6.54 Å². The molecule has 1 aromatic carbocycles. The van der Waals surface area contributed by atoms with Gasteiger partial charge in [-0.15, -0.1) is 0 Å². The van der Waals surface area contributed by atoms with E-state index in [1.54, 1.807) is 23.2 Å². The van der Waals surface area contributed by atoms with Gasteiger partial charge < -0.3 is 15.2 Å². The number of rotatable bonds is 4. The van der Waals surface area contributed by atoms with Gasteiger partial charge in [-0.1, -0.05) is 35.9 Å². The number of halogens is 1. The molecular weight excluding hydrogens is 366 g/mol. The van der Waals surface area contributed by atoms with E-state index < -0.39 is 6.04 Å². The summed E-state index contributed by atoms with van der Waals surface area (Å²) in [4.78, 5) is 40.7. The predicted octanol–water partition coefficient (Wildman–Crippen LogP) is 3.25. The highest BCUT2D eigenvalue weighted by atomic mass is 35.5. The fraction of sp³-hybridized carbons (Fsp3) is 0.250. The largest absolute Gasteiger partial charge is 0.328 e. The van der Waals surface area contributed by atoms with Gasteiger partial charge in [0.15, 0.2) is 5.78 Å². The van der Waals surface area contributed by atoms with E-state index in [2.05, 4.69) is 10.3 Å². The van der Waals surface area contributed by atoms with Crippen molar-refractivity contribution in [1.29, 1.82) is 0 Å².